The van der Waals surface area contributed by atoms with E-state index in [0.717, 1.165) is 25.7 Å². The van der Waals surface area contributed by atoms with Gasteiger partial charge in [0.15, 0.2) is 0 Å². The van der Waals surface area contributed by atoms with Crippen LogP contribution >= 0.6 is 0 Å². The second-order valence-electron chi connectivity index (χ2n) is 4.85. The summed E-state index contributed by atoms with van der Waals surface area (Å²) in [5.41, 5.74) is -0.256. The van der Waals surface area contributed by atoms with Gasteiger partial charge in [-0.05, 0) is 25.7 Å². The quantitative estimate of drug-likeness (QED) is 0.674. The van der Waals surface area contributed by atoms with E-state index in [1.54, 1.807) is 0 Å². The molecule has 1 saturated carbocycles. The molecule has 16 heavy (non-hydrogen) atoms. The van der Waals surface area contributed by atoms with Crippen molar-refractivity contribution in [3.8, 4) is 0 Å². The number of hydrogen-bond donors (Lipinski definition) is 0. The third-order valence-corrected chi connectivity index (χ3v) is 3.67. The lowest BCUT2D eigenvalue weighted by Gasteiger charge is -2.31. The van der Waals surface area contributed by atoms with Crippen molar-refractivity contribution in [2.45, 2.75) is 50.5 Å². The Morgan fingerprint density at radius 3 is 2.75 bits per heavy atom. The van der Waals surface area contributed by atoms with Gasteiger partial charge in [0, 0.05) is 6.42 Å². The summed E-state index contributed by atoms with van der Waals surface area (Å²) >= 11 is 0. The van der Waals surface area contributed by atoms with E-state index in [1.165, 1.54) is 13.5 Å². The molecule has 1 heterocycles. The Morgan fingerprint density at radius 2 is 2.12 bits per heavy atom. The Hall–Kier alpha value is -1.06. The fourth-order valence-electron chi connectivity index (χ4n) is 2.81. The summed E-state index contributed by atoms with van der Waals surface area (Å²) < 4.78 is 10.1. The van der Waals surface area contributed by atoms with Crippen molar-refractivity contribution in [3.63, 3.8) is 0 Å². The first kappa shape index (κ1) is 11.4. The number of methoxy groups -OCH3 is 1. The van der Waals surface area contributed by atoms with Gasteiger partial charge in [-0.25, -0.2) is 0 Å². The lowest BCUT2D eigenvalue weighted by atomic mass is 9.80. The molecule has 0 aromatic heterocycles. The van der Waals surface area contributed by atoms with E-state index in [4.69, 9.17) is 4.74 Å². The molecule has 0 aromatic carbocycles. The van der Waals surface area contributed by atoms with Gasteiger partial charge < -0.3 is 9.47 Å². The molecule has 1 aliphatic heterocycles. The standard InChI is InChI=1S/C12H18O4/c1-15-10(13)7-9-8-12(16-11(9)14)5-3-2-4-6-12/h9H,2-8H2,1H3/t9-/m1/s1. The lowest BCUT2D eigenvalue weighted by molar-refractivity contribution is -0.155. The first-order chi connectivity index (χ1) is 7.65. The monoisotopic (exact) mass is 226 g/mol. The molecule has 90 valence electrons. The third-order valence-electron chi connectivity index (χ3n) is 3.67. The summed E-state index contributed by atoms with van der Waals surface area (Å²) in [6.45, 7) is 0. The van der Waals surface area contributed by atoms with Gasteiger partial charge in [0.05, 0.1) is 19.4 Å². The van der Waals surface area contributed by atoms with E-state index in [1.807, 2.05) is 0 Å². The van der Waals surface area contributed by atoms with Crippen molar-refractivity contribution in [2.24, 2.45) is 5.92 Å². The van der Waals surface area contributed by atoms with Crippen LogP contribution in [-0.2, 0) is 19.1 Å². The molecule has 1 saturated heterocycles. The number of ether oxygens (including phenoxy) is 2. The fraction of sp³-hybridized carbons (Fsp3) is 0.833. The highest BCUT2D eigenvalue weighted by atomic mass is 16.6. The number of esters is 2. The smallest absolute Gasteiger partial charge is 0.310 e. The van der Waals surface area contributed by atoms with Crippen LogP contribution in [0.15, 0.2) is 0 Å². The molecule has 1 aliphatic carbocycles. The van der Waals surface area contributed by atoms with E-state index in [0.29, 0.717) is 6.42 Å². The van der Waals surface area contributed by atoms with Crippen LogP contribution in [0.4, 0.5) is 0 Å². The van der Waals surface area contributed by atoms with Gasteiger partial charge in [-0.2, -0.15) is 0 Å². The summed E-state index contributed by atoms with van der Waals surface area (Å²) in [4.78, 5) is 22.8. The first-order valence-corrected chi connectivity index (χ1v) is 5.95. The van der Waals surface area contributed by atoms with Gasteiger partial charge in [-0.1, -0.05) is 6.42 Å². The van der Waals surface area contributed by atoms with E-state index >= 15 is 0 Å². The maximum absolute atomic E-state index is 11.7. The number of rotatable bonds is 2. The Morgan fingerprint density at radius 1 is 1.44 bits per heavy atom. The molecule has 1 spiro atoms. The zero-order valence-electron chi connectivity index (χ0n) is 9.66. The molecule has 2 fully saturated rings. The summed E-state index contributed by atoms with van der Waals surface area (Å²) in [6.07, 6.45) is 6.24. The SMILES string of the molecule is COC(=O)C[C@@H]1CC2(CCCCC2)OC1=O. The Labute approximate surface area is 95.3 Å². The summed E-state index contributed by atoms with van der Waals surface area (Å²) in [5.74, 6) is -0.826. The molecule has 2 rings (SSSR count). The topological polar surface area (TPSA) is 52.6 Å². The van der Waals surface area contributed by atoms with Crippen molar-refractivity contribution >= 4 is 11.9 Å². The summed E-state index contributed by atoms with van der Waals surface area (Å²) in [5, 5.41) is 0. The minimum Gasteiger partial charge on any atom is -0.469 e. The Bertz CT molecular complexity index is 291. The van der Waals surface area contributed by atoms with Crippen LogP contribution in [0.25, 0.3) is 0 Å². The molecular weight excluding hydrogens is 208 g/mol. The minimum atomic E-state index is -0.324. The molecule has 0 radical (unpaired) electrons. The van der Waals surface area contributed by atoms with Crippen LogP contribution in [0, 0.1) is 5.92 Å². The second-order valence-corrected chi connectivity index (χ2v) is 4.85. The van der Waals surface area contributed by atoms with Crippen molar-refractivity contribution in [3.05, 3.63) is 0 Å². The van der Waals surface area contributed by atoms with Crippen molar-refractivity contribution in [1.29, 1.82) is 0 Å². The molecule has 1 atom stereocenters. The van der Waals surface area contributed by atoms with Crippen molar-refractivity contribution in [2.75, 3.05) is 7.11 Å². The Balaban J connectivity index is 1.97. The zero-order chi connectivity index (χ0) is 11.6. The average molecular weight is 226 g/mol. The predicted molar refractivity (Wildman–Crippen MR) is 56.6 cm³/mol. The maximum atomic E-state index is 11.7. The highest BCUT2D eigenvalue weighted by Gasteiger charge is 2.47. The van der Waals surface area contributed by atoms with Crippen LogP contribution in [0.3, 0.4) is 0 Å². The van der Waals surface area contributed by atoms with E-state index < -0.39 is 0 Å². The predicted octanol–water partition coefficient (Wildman–Crippen LogP) is 1.82. The zero-order valence-corrected chi connectivity index (χ0v) is 9.66. The molecule has 0 aromatic rings. The van der Waals surface area contributed by atoms with Gasteiger partial charge in [0.2, 0.25) is 0 Å². The molecule has 4 heteroatoms. The number of hydrogen-bond acceptors (Lipinski definition) is 4. The molecule has 4 nitrogen and oxygen atoms in total. The van der Waals surface area contributed by atoms with Crippen LogP contribution in [0.1, 0.15) is 44.9 Å². The van der Waals surface area contributed by atoms with Gasteiger partial charge >= 0.3 is 11.9 Å². The molecule has 0 unspecified atom stereocenters. The minimum absolute atomic E-state index is 0.164. The molecule has 0 amide bonds. The van der Waals surface area contributed by atoms with Gasteiger partial charge in [-0.15, -0.1) is 0 Å². The normalized spacial score (nSPS) is 27.8. The van der Waals surface area contributed by atoms with E-state index in [-0.39, 0.29) is 29.9 Å². The fourth-order valence-corrected chi connectivity index (χ4v) is 2.81. The van der Waals surface area contributed by atoms with Gasteiger partial charge in [-0.3, -0.25) is 9.59 Å². The van der Waals surface area contributed by atoms with Gasteiger partial charge in [0.25, 0.3) is 0 Å². The number of carbonyl (C=O) groups is 2. The highest BCUT2D eigenvalue weighted by Crippen LogP contribution is 2.43. The first-order valence-electron chi connectivity index (χ1n) is 5.95. The lowest BCUT2D eigenvalue weighted by Crippen LogP contribution is -2.31. The maximum Gasteiger partial charge on any atom is 0.310 e. The van der Waals surface area contributed by atoms with Crippen molar-refractivity contribution < 1.29 is 19.1 Å². The van der Waals surface area contributed by atoms with Crippen LogP contribution < -0.4 is 0 Å². The largest absolute Gasteiger partial charge is 0.469 e. The van der Waals surface area contributed by atoms with Crippen molar-refractivity contribution in [1.82, 2.24) is 0 Å². The third kappa shape index (κ3) is 2.20. The average Bonchev–Trinajstić information content (AvgIpc) is 2.56. The highest BCUT2D eigenvalue weighted by molar-refractivity contribution is 5.81. The van der Waals surface area contributed by atoms with Gasteiger partial charge in [0.1, 0.15) is 5.60 Å². The number of carbonyl (C=O) groups excluding carboxylic acids is 2. The van der Waals surface area contributed by atoms with E-state index in [9.17, 15) is 9.59 Å². The molecular formula is C12H18O4. The van der Waals surface area contributed by atoms with E-state index in [2.05, 4.69) is 4.74 Å². The molecule has 0 bridgehead atoms. The van der Waals surface area contributed by atoms with Crippen LogP contribution in [-0.4, -0.2) is 24.6 Å². The summed E-state index contributed by atoms with van der Waals surface area (Å²) in [6, 6.07) is 0. The summed E-state index contributed by atoms with van der Waals surface area (Å²) in [7, 11) is 1.35. The molecule has 0 N–H and O–H groups in total. The van der Waals surface area contributed by atoms with Crippen LogP contribution in [0.5, 0.6) is 0 Å². The Kier molecular flexibility index (Phi) is 3.17. The second kappa shape index (κ2) is 4.44. The van der Waals surface area contributed by atoms with Crippen LogP contribution in [0.2, 0.25) is 0 Å². The molecule has 2 aliphatic rings.